The van der Waals surface area contributed by atoms with Crippen LogP contribution in [0.1, 0.15) is 41.6 Å². The molecule has 13 heteroatoms. The van der Waals surface area contributed by atoms with Gasteiger partial charge >= 0.3 is 0 Å². The fraction of sp³-hybridized carbons (Fsp3) is 0.286. The SMILES string of the molecule is COc1cc(Br)cc([C@H]2C3=CC[C@@H]4C(=O)N(c5ccc(C(C)=O)cc5)C(=O)[C@@H]4[C@@H]3C[C@@]3(Cl)C(=O)N(c4ccc(F)cc4)C(=O)[C@@]23Cl)c1O. The maximum atomic E-state index is 14.5. The van der Waals surface area contributed by atoms with Crippen LogP contribution in [0.5, 0.6) is 11.5 Å². The lowest BCUT2D eigenvalue weighted by Gasteiger charge is -2.50. The maximum Gasteiger partial charge on any atom is 0.258 e. The highest BCUT2D eigenvalue weighted by Gasteiger charge is 2.77. The summed E-state index contributed by atoms with van der Waals surface area (Å²) >= 11 is 18.2. The van der Waals surface area contributed by atoms with E-state index >= 15 is 0 Å². The number of aromatic hydroxyl groups is 1. The molecule has 3 fully saturated rings. The molecule has 0 aromatic heterocycles. The molecule has 2 aliphatic heterocycles. The first-order chi connectivity index (χ1) is 22.7. The Morgan fingerprint density at radius 2 is 1.56 bits per heavy atom. The summed E-state index contributed by atoms with van der Waals surface area (Å²) in [6.45, 7) is 1.41. The Balaban J connectivity index is 1.40. The van der Waals surface area contributed by atoms with E-state index in [2.05, 4.69) is 15.9 Å². The number of carbonyl (C=O) groups is 5. The quantitative estimate of drug-likeness (QED) is 0.141. The van der Waals surface area contributed by atoms with E-state index in [1.165, 1.54) is 56.5 Å². The van der Waals surface area contributed by atoms with Crippen molar-refractivity contribution in [3.05, 3.63) is 93.7 Å². The van der Waals surface area contributed by atoms with Crippen molar-refractivity contribution in [3.8, 4) is 11.5 Å². The summed E-state index contributed by atoms with van der Waals surface area (Å²) in [5, 5.41) is 11.5. The van der Waals surface area contributed by atoms with Gasteiger partial charge in [0.2, 0.25) is 11.8 Å². The van der Waals surface area contributed by atoms with E-state index < -0.39 is 62.9 Å². The minimum Gasteiger partial charge on any atom is -0.504 e. The van der Waals surface area contributed by atoms with Gasteiger partial charge in [0.05, 0.1) is 30.3 Å². The van der Waals surface area contributed by atoms with Crippen LogP contribution in [0.2, 0.25) is 0 Å². The van der Waals surface area contributed by atoms with Gasteiger partial charge in [-0.1, -0.05) is 27.6 Å². The second kappa shape index (κ2) is 11.2. The fourth-order valence-corrected chi connectivity index (χ4v) is 9.20. The molecule has 4 aliphatic rings. The van der Waals surface area contributed by atoms with Crippen molar-refractivity contribution in [2.24, 2.45) is 17.8 Å². The number of halogens is 4. The predicted molar refractivity (Wildman–Crippen MR) is 178 cm³/mol. The highest BCUT2D eigenvalue weighted by Crippen LogP contribution is 2.67. The van der Waals surface area contributed by atoms with Crippen molar-refractivity contribution < 1.29 is 38.2 Å². The van der Waals surface area contributed by atoms with E-state index in [0.717, 1.165) is 21.9 Å². The van der Waals surface area contributed by atoms with Gasteiger partial charge in [0.15, 0.2) is 27.0 Å². The third kappa shape index (κ3) is 4.36. The number of ether oxygens (including phenoxy) is 1. The number of imide groups is 2. The molecule has 0 unspecified atom stereocenters. The third-order valence-corrected chi connectivity index (χ3v) is 11.9. The summed E-state index contributed by atoms with van der Waals surface area (Å²) in [7, 11) is 1.35. The summed E-state index contributed by atoms with van der Waals surface area (Å²) in [6.07, 6.45) is 1.57. The van der Waals surface area contributed by atoms with Gasteiger partial charge in [0.1, 0.15) is 5.82 Å². The number of ketones is 1. The van der Waals surface area contributed by atoms with Crippen LogP contribution in [0, 0.1) is 23.6 Å². The molecule has 3 aromatic carbocycles. The van der Waals surface area contributed by atoms with Crippen LogP contribution in [-0.4, -0.2) is 51.4 Å². The highest BCUT2D eigenvalue weighted by molar-refractivity contribution is 9.10. The first-order valence-corrected chi connectivity index (χ1v) is 16.6. The lowest BCUT2D eigenvalue weighted by atomic mass is 9.56. The van der Waals surface area contributed by atoms with Crippen LogP contribution >= 0.6 is 39.1 Å². The number of rotatable bonds is 5. The minimum atomic E-state index is -2.23. The molecule has 1 saturated carbocycles. The molecule has 4 amide bonds. The number of hydrogen-bond acceptors (Lipinski definition) is 7. The molecule has 3 aromatic rings. The predicted octanol–water partition coefficient (Wildman–Crippen LogP) is 6.27. The van der Waals surface area contributed by atoms with Gasteiger partial charge in [-0.2, -0.15) is 0 Å². The second-order valence-electron chi connectivity index (χ2n) is 12.4. The highest BCUT2D eigenvalue weighted by atomic mass is 79.9. The summed E-state index contributed by atoms with van der Waals surface area (Å²) in [4.78, 5) is 66.4. The number of anilines is 2. The largest absolute Gasteiger partial charge is 0.504 e. The first kappa shape index (κ1) is 32.5. The van der Waals surface area contributed by atoms with E-state index in [4.69, 9.17) is 27.9 Å². The molecule has 6 atom stereocenters. The summed E-state index contributed by atoms with van der Waals surface area (Å²) in [6, 6.07) is 13.9. The normalized spacial score (nSPS) is 29.4. The Morgan fingerprint density at radius 3 is 2.19 bits per heavy atom. The zero-order chi connectivity index (χ0) is 34.4. The maximum absolute atomic E-state index is 14.5. The van der Waals surface area contributed by atoms with Gasteiger partial charge in [0, 0.05) is 21.5 Å². The number of methoxy groups -OCH3 is 1. The number of alkyl halides is 2. The number of fused-ring (bicyclic) bond motifs is 4. The average Bonchev–Trinajstić information content (AvgIpc) is 3.40. The molecule has 7 rings (SSSR count). The van der Waals surface area contributed by atoms with Gasteiger partial charge in [-0.15, -0.1) is 23.2 Å². The smallest absolute Gasteiger partial charge is 0.258 e. The zero-order valence-corrected chi connectivity index (χ0v) is 28.5. The minimum absolute atomic E-state index is 0.0396. The van der Waals surface area contributed by atoms with Crippen molar-refractivity contribution in [1.29, 1.82) is 0 Å². The van der Waals surface area contributed by atoms with E-state index in [1.807, 2.05) is 0 Å². The van der Waals surface area contributed by atoms with E-state index in [0.29, 0.717) is 15.6 Å². The van der Waals surface area contributed by atoms with Crippen LogP contribution in [0.4, 0.5) is 15.8 Å². The number of carbonyl (C=O) groups excluding carboxylic acids is 5. The molecule has 2 saturated heterocycles. The monoisotopic (exact) mass is 754 g/mol. The fourth-order valence-electron chi connectivity index (χ4n) is 7.81. The van der Waals surface area contributed by atoms with Crippen LogP contribution in [0.25, 0.3) is 0 Å². The van der Waals surface area contributed by atoms with E-state index in [-0.39, 0.29) is 47.1 Å². The molecule has 48 heavy (non-hydrogen) atoms. The number of Topliss-reactive ketones (excluding diaryl/α,β-unsaturated/α-hetero) is 1. The lowest BCUT2D eigenvalue weighted by molar-refractivity contribution is -0.125. The Labute approximate surface area is 292 Å². The van der Waals surface area contributed by atoms with Crippen molar-refractivity contribution in [1.82, 2.24) is 0 Å². The standard InChI is InChI=1S/C35H26BrCl2FN2O7/c1-16(42)17-3-7-20(8-4-17)40-30(44)23-12-11-22-25(27(23)31(40)45)15-34(37)32(46)41(21-9-5-19(39)6-10-21)33(47)35(34,38)28(22)24-13-18(36)14-26(48-2)29(24)43/h3-11,13-14,23,25,27-28,43H,12,15H2,1-2H3/t23-,25+,27-,28+,34+,35-/m0/s1. The van der Waals surface area contributed by atoms with Crippen LogP contribution in [0.3, 0.4) is 0 Å². The van der Waals surface area contributed by atoms with Crippen molar-refractivity contribution in [3.63, 3.8) is 0 Å². The van der Waals surface area contributed by atoms with Gasteiger partial charge < -0.3 is 9.84 Å². The summed E-state index contributed by atoms with van der Waals surface area (Å²) in [5.74, 6) is -7.73. The summed E-state index contributed by atoms with van der Waals surface area (Å²) in [5.41, 5.74) is 1.32. The topological polar surface area (TPSA) is 121 Å². The number of nitrogens with zero attached hydrogens (tertiary/aromatic N) is 2. The Morgan fingerprint density at radius 1 is 0.938 bits per heavy atom. The van der Waals surface area contributed by atoms with Crippen LogP contribution in [0.15, 0.2) is 76.8 Å². The van der Waals surface area contributed by atoms with E-state index in [9.17, 15) is 33.5 Å². The number of benzene rings is 3. The van der Waals surface area contributed by atoms with Crippen molar-refractivity contribution in [2.45, 2.75) is 35.4 Å². The molecule has 246 valence electrons. The molecule has 0 radical (unpaired) electrons. The van der Waals surface area contributed by atoms with Crippen LogP contribution < -0.4 is 14.5 Å². The Hall–Kier alpha value is -4.06. The summed E-state index contributed by atoms with van der Waals surface area (Å²) < 4.78 is 19.7. The molecular weight excluding hydrogens is 730 g/mol. The Bertz CT molecular complexity index is 1990. The third-order valence-electron chi connectivity index (χ3n) is 10.0. The van der Waals surface area contributed by atoms with Crippen LogP contribution in [-0.2, 0) is 19.2 Å². The first-order valence-electron chi connectivity index (χ1n) is 15.0. The molecular formula is C35H26BrCl2FN2O7. The molecule has 2 aliphatic carbocycles. The molecule has 0 bridgehead atoms. The Kier molecular flexibility index (Phi) is 7.61. The molecule has 2 heterocycles. The number of allylic oxidation sites excluding steroid dienone is 2. The van der Waals surface area contributed by atoms with Gasteiger partial charge in [-0.25, -0.2) is 9.29 Å². The van der Waals surface area contributed by atoms with Crippen molar-refractivity contribution in [2.75, 3.05) is 16.9 Å². The number of phenols is 1. The zero-order valence-electron chi connectivity index (χ0n) is 25.4. The number of hydrogen-bond donors (Lipinski definition) is 1. The molecule has 9 nitrogen and oxygen atoms in total. The van der Waals surface area contributed by atoms with Gasteiger partial charge in [-0.05, 0) is 86.3 Å². The van der Waals surface area contributed by atoms with Gasteiger partial charge in [-0.3, -0.25) is 28.9 Å². The number of amides is 4. The second-order valence-corrected chi connectivity index (χ2v) is 14.6. The van der Waals surface area contributed by atoms with E-state index in [1.54, 1.807) is 12.1 Å². The van der Waals surface area contributed by atoms with Crippen molar-refractivity contribution >= 4 is 79.9 Å². The average molecular weight is 756 g/mol. The molecule has 0 spiro atoms. The number of phenolic OH excluding ortho intramolecular Hbond substituents is 1. The van der Waals surface area contributed by atoms with Gasteiger partial charge in [0.25, 0.3) is 11.8 Å². The molecule has 1 N–H and O–H groups in total. The lowest BCUT2D eigenvalue weighted by Crippen LogP contribution is -2.60.